The summed E-state index contributed by atoms with van der Waals surface area (Å²) in [6.45, 7) is 0. The van der Waals surface area contributed by atoms with Crippen LogP contribution in [0.4, 0.5) is 19.1 Å². The second-order valence-corrected chi connectivity index (χ2v) is 5.03. The molecule has 2 heterocycles. The molecule has 1 amide bonds. The first-order chi connectivity index (χ1) is 10.9. The molecule has 7 nitrogen and oxygen atoms in total. The molecule has 1 fully saturated rings. The van der Waals surface area contributed by atoms with Crippen LogP contribution in [0.3, 0.4) is 0 Å². The maximum atomic E-state index is 12.4. The van der Waals surface area contributed by atoms with E-state index in [1.165, 1.54) is 0 Å². The summed E-state index contributed by atoms with van der Waals surface area (Å²) in [7, 11) is 0. The van der Waals surface area contributed by atoms with Gasteiger partial charge in [0.2, 0.25) is 17.7 Å². The Bertz CT molecular complexity index is 687. The summed E-state index contributed by atoms with van der Waals surface area (Å²) in [5.41, 5.74) is 6.80. The number of hydrazine groups is 1. The molecule has 0 radical (unpaired) electrons. The number of carbonyl (C=O) groups is 1. The smallest absolute Gasteiger partial charge is 0.292 e. The van der Waals surface area contributed by atoms with Gasteiger partial charge in [-0.3, -0.25) is 15.2 Å². The molecule has 4 N–H and O–H groups in total. The first kappa shape index (κ1) is 15.4. The van der Waals surface area contributed by atoms with Gasteiger partial charge in [-0.25, -0.2) is 10.9 Å². The normalized spacial score (nSPS) is 21.3. The molecule has 1 aromatic heterocycles. The van der Waals surface area contributed by atoms with Crippen LogP contribution in [0.15, 0.2) is 30.3 Å². The Hall–Kier alpha value is -2.46. The Morgan fingerprint density at radius 2 is 1.96 bits per heavy atom. The minimum atomic E-state index is -4.64. The van der Waals surface area contributed by atoms with Crippen LogP contribution in [0.25, 0.3) is 0 Å². The topological polar surface area (TPSA) is 94.7 Å². The monoisotopic (exact) mass is 326 g/mol. The van der Waals surface area contributed by atoms with Gasteiger partial charge < -0.3 is 0 Å². The molecule has 1 aliphatic rings. The predicted molar refractivity (Wildman–Crippen MR) is 73.9 cm³/mol. The Labute approximate surface area is 128 Å². The molecule has 122 valence electrons. The minimum Gasteiger partial charge on any atom is -0.292 e. The van der Waals surface area contributed by atoms with Gasteiger partial charge in [0.25, 0.3) is 0 Å². The Balaban J connectivity index is 1.60. The van der Waals surface area contributed by atoms with Crippen molar-refractivity contribution in [2.24, 2.45) is 0 Å². The van der Waals surface area contributed by atoms with Crippen molar-refractivity contribution in [1.29, 1.82) is 0 Å². The highest BCUT2D eigenvalue weighted by atomic mass is 19.4. The number of nitrogens with zero attached hydrogens (tertiary/aromatic N) is 2. The van der Waals surface area contributed by atoms with Gasteiger partial charge in [-0.1, -0.05) is 30.3 Å². The molecular weight excluding hydrogens is 313 g/mol. The number of amides is 1. The van der Waals surface area contributed by atoms with Crippen LogP contribution >= 0.6 is 0 Å². The largest absolute Gasteiger partial charge is 0.451 e. The van der Waals surface area contributed by atoms with Crippen LogP contribution in [0.5, 0.6) is 0 Å². The number of alkyl halides is 3. The van der Waals surface area contributed by atoms with Crippen molar-refractivity contribution in [3.8, 4) is 0 Å². The van der Waals surface area contributed by atoms with Crippen molar-refractivity contribution in [3.05, 3.63) is 41.7 Å². The number of nitrogens with one attached hydrogen (secondary N) is 4. The van der Waals surface area contributed by atoms with Crippen LogP contribution in [0.2, 0.25) is 0 Å². The van der Waals surface area contributed by atoms with Crippen LogP contribution < -0.4 is 16.2 Å². The van der Waals surface area contributed by atoms with Gasteiger partial charge in [-0.2, -0.15) is 18.2 Å². The lowest BCUT2D eigenvalue weighted by atomic mass is 10.0. The summed E-state index contributed by atoms with van der Waals surface area (Å²) in [6, 6.07) is 8.83. The Morgan fingerprint density at radius 3 is 2.61 bits per heavy atom. The first-order valence-electron chi connectivity index (χ1n) is 6.80. The lowest BCUT2D eigenvalue weighted by Crippen LogP contribution is -2.39. The lowest BCUT2D eigenvalue weighted by Gasteiger charge is -2.09. The lowest BCUT2D eigenvalue weighted by molar-refractivity contribution is -0.144. The zero-order valence-electron chi connectivity index (χ0n) is 11.7. The second-order valence-electron chi connectivity index (χ2n) is 5.03. The molecule has 10 heteroatoms. The molecule has 0 aliphatic carbocycles. The summed E-state index contributed by atoms with van der Waals surface area (Å²) < 4.78 is 37.2. The molecule has 1 saturated heterocycles. The van der Waals surface area contributed by atoms with Gasteiger partial charge in [0.05, 0.1) is 0 Å². The number of aromatic amines is 1. The molecular formula is C13H13F3N6O. The van der Waals surface area contributed by atoms with Crippen molar-refractivity contribution in [1.82, 2.24) is 26.0 Å². The number of H-pyrrole nitrogens is 1. The average molecular weight is 326 g/mol. The molecule has 0 spiro atoms. The van der Waals surface area contributed by atoms with E-state index < -0.39 is 29.9 Å². The van der Waals surface area contributed by atoms with E-state index >= 15 is 0 Å². The highest BCUT2D eigenvalue weighted by Gasteiger charge is 2.36. The number of halogens is 3. The fourth-order valence-corrected chi connectivity index (χ4v) is 2.27. The quantitative estimate of drug-likeness (QED) is 0.683. The first-order valence-corrected chi connectivity index (χ1v) is 6.80. The van der Waals surface area contributed by atoms with Crippen molar-refractivity contribution < 1.29 is 18.0 Å². The second kappa shape index (κ2) is 5.97. The molecule has 1 aromatic carbocycles. The van der Waals surface area contributed by atoms with E-state index in [1.54, 1.807) is 5.10 Å². The van der Waals surface area contributed by atoms with E-state index in [1.807, 2.05) is 30.3 Å². The third-order valence-corrected chi connectivity index (χ3v) is 3.41. The summed E-state index contributed by atoms with van der Waals surface area (Å²) in [4.78, 5) is 15.3. The molecule has 2 unspecified atom stereocenters. The maximum absolute atomic E-state index is 12.4. The number of benzene rings is 1. The molecule has 3 rings (SSSR count). The molecule has 0 bridgehead atoms. The highest BCUT2D eigenvalue weighted by molar-refractivity contribution is 5.93. The van der Waals surface area contributed by atoms with Crippen LogP contribution in [-0.2, 0) is 11.0 Å². The zero-order valence-corrected chi connectivity index (χ0v) is 11.7. The van der Waals surface area contributed by atoms with Gasteiger partial charge in [0, 0.05) is 6.04 Å². The maximum Gasteiger partial charge on any atom is 0.451 e. The van der Waals surface area contributed by atoms with E-state index in [0.717, 1.165) is 5.56 Å². The predicted octanol–water partition coefficient (Wildman–Crippen LogP) is 1.37. The van der Waals surface area contributed by atoms with Crippen LogP contribution in [-0.4, -0.2) is 27.1 Å². The van der Waals surface area contributed by atoms with E-state index in [-0.39, 0.29) is 6.04 Å². The molecule has 0 saturated carbocycles. The van der Waals surface area contributed by atoms with Gasteiger partial charge in [0.15, 0.2) is 0 Å². The number of aromatic nitrogens is 3. The number of anilines is 1. The van der Waals surface area contributed by atoms with Crippen molar-refractivity contribution >= 4 is 11.9 Å². The third-order valence-electron chi connectivity index (χ3n) is 3.41. The van der Waals surface area contributed by atoms with E-state index in [0.29, 0.717) is 6.42 Å². The van der Waals surface area contributed by atoms with Crippen LogP contribution in [0.1, 0.15) is 23.9 Å². The van der Waals surface area contributed by atoms with Crippen LogP contribution in [0, 0.1) is 0 Å². The Kier molecular flexibility index (Phi) is 4.01. The van der Waals surface area contributed by atoms with Gasteiger partial charge in [-0.15, -0.1) is 5.10 Å². The summed E-state index contributed by atoms with van der Waals surface area (Å²) in [5.74, 6) is -2.18. The number of hydrogen-bond acceptors (Lipinski definition) is 5. The fourth-order valence-electron chi connectivity index (χ4n) is 2.27. The molecule has 2 atom stereocenters. The number of hydrogen-bond donors (Lipinski definition) is 4. The number of rotatable bonds is 3. The van der Waals surface area contributed by atoms with E-state index in [4.69, 9.17) is 0 Å². The SMILES string of the molecule is O=C(Nc1n[nH]c(C(F)(F)F)n1)C1CC(c2ccccc2)NN1. The van der Waals surface area contributed by atoms with Gasteiger partial charge in [0.1, 0.15) is 6.04 Å². The fraction of sp³-hybridized carbons (Fsp3) is 0.308. The summed E-state index contributed by atoms with van der Waals surface area (Å²) in [5, 5.41) is 7.33. The standard InChI is InChI=1S/C13H13F3N6O/c14-13(15,16)11-18-12(22-21-11)17-10(23)9-6-8(19-20-9)7-4-2-1-3-5-7/h1-5,8-9,19-20H,6H2,(H2,17,18,21,22,23). The molecule has 23 heavy (non-hydrogen) atoms. The third kappa shape index (κ3) is 3.48. The highest BCUT2D eigenvalue weighted by Crippen LogP contribution is 2.26. The van der Waals surface area contributed by atoms with Crippen molar-refractivity contribution in [2.75, 3.05) is 5.32 Å². The Morgan fingerprint density at radius 1 is 1.22 bits per heavy atom. The summed E-state index contributed by atoms with van der Waals surface area (Å²) in [6.07, 6.45) is -4.19. The van der Waals surface area contributed by atoms with Crippen molar-refractivity contribution in [2.45, 2.75) is 24.7 Å². The summed E-state index contributed by atoms with van der Waals surface area (Å²) >= 11 is 0. The van der Waals surface area contributed by atoms with E-state index in [2.05, 4.69) is 26.3 Å². The van der Waals surface area contributed by atoms with E-state index in [9.17, 15) is 18.0 Å². The van der Waals surface area contributed by atoms with Gasteiger partial charge in [-0.05, 0) is 12.0 Å². The molecule has 1 aliphatic heterocycles. The van der Waals surface area contributed by atoms with Crippen molar-refractivity contribution in [3.63, 3.8) is 0 Å². The average Bonchev–Trinajstić information content (AvgIpc) is 3.16. The zero-order chi connectivity index (χ0) is 16.4. The number of carbonyl (C=O) groups excluding carboxylic acids is 1. The molecule has 2 aromatic rings. The van der Waals surface area contributed by atoms with Gasteiger partial charge >= 0.3 is 6.18 Å². The minimum absolute atomic E-state index is 0.0650.